The fourth-order valence-corrected chi connectivity index (χ4v) is 1.94. The largest absolute Gasteiger partial charge is 0.481 e. The Labute approximate surface area is 85.5 Å². The van der Waals surface area contributed by atoms with Gasteiger partial charge in [-0.05, 0) is 12.5 Å². The summed E-state index contributed by atoms with van der Waals surface area (Å²) in [7, 11) is 0. The normalized spacial score (nSPS) is 19.8. The number of ketones is 1. The molecule has 3 nitrogen and oxygen atoms in total. The second-order valence-corrected chi connectivity index (χ2v) is 3.55. The minimum absolute atomic E-state index is 0.0428. The maximum atomic E-state index is 13.4. The molecule has 0 saturated carbocycles. The van der Waals surface area contributed by atoms with Gasteiger partial charge in [0.1, 0.15) is 5.82 Å². The monoisotopic (exact) mass is 208 g/mol. The molecule has 1 aromatic carbocycles. The van der Waals surface area contributed by atoms with E-state index in [0.29, 0.717) is 0 Å². The molecule has 1 atom stereocenters. The predicted octanol–water partition coefficient (Wildman–Crippen LogP) is 1.97. The molecule has 78 valence electrons. The van der Waals surface area contributed by atoms with Gasteiger partial charge in [0.2, 0.25) is 0 Å². The molecule has 0 aromatic heterocycles. The molecule has 1 N–H and O–H groups in total. The number of aliphatic carboxylic acids is 1. The van der Waals surface area contributed by atoms with Gasteiger partial charge < -0.3 is 5.11 Å². The Kier molecular flexibility index (Phi) is 2.26. The zero-order valence-electron chi connectivity index (χ0n) is 7.87. The Morgan fingerprint density at radius 3 is 2.87 bits per heavy atom. The van der Waals surface area contributed by atoms with E-state index in [1.807, 2.05) is 0 Å². The van der Waals surface area contributed by atoms with Crippen LogP contribution in [0.4, 0.5) is 4.39 Å². The highest BCUT2D eigenvalue weighted by atomic mass is 19.1. The molecule has 1 aliphatic carbocycles. The van der Waals surface area contributed by atoms with Crippen molar-refractivity contribution in [1.29, 1.82) is 0 Å². The van der Waals surface area contributed by atoms with Crippen molar-refractivity contribution in [2.24, 2.45) is 0 Å². The van der Waals surface area contributed by atoms with Crippen molar-refractivity contribution in [3.63, 3.8) is 0 Å². The molecule has 0 fully saturated rings. The molecular formula is C11H9FO3. The van der Waals surface area contributed by atoms with Crippen molar-refractivity contribution in [3.8, 4) is 0 Å². The lowest BCUT2D eigenvalue weighted by Crippen LogP contribution is -2.23. The Morgan fingerprint density at radius 2 is 2.20 bits per heavy atom. The quantitative estimate of drug-likeness (QED) is 0.767. The maximum Gasteiger partial charge on any atom is 0.311 e. The average Bonchev–Trinajstić information content (AvgIpc) is 2.19. The van der Waals surface area contributed by atoms with Gasteiger partial charge in [0.15, 0.2) is 5.78 Å². The van der Waals surface area contributed by atoms with Crippen LogP contribution in [0.3, 0.4) is 0 Å². The van der Waals surface area contributed by atoms with Crippen LogP contribution in [0, 0.1) is 5.82 Å². The van der Waals surface area contributed by atoms with Crippen molar-refractivity contribution in [1.82, 2.24) is 0 Å². The second-order valence-electron chi connectivity index (χ2n) is 3.55. The van der Waals surface area contributed by atoms with Gasteiger partial charge in [-0.25, -0.2) is 4.39 Å². The zero-order chi connectivity index (χ0) is 11.0. The molecule has 0 saturated heterocycles. The van der Waals surface area contributed by atoms with Gasteiger partial charge in [-0.3, -0.25) is 9.59 Å². The molecule has 4 heteroatoms. The summed E-state index contributed by atoms with van der Waals surface area (Å²) in [6, 6.07) is 4.10. The van der Waals surface area contributed by atoms with Gasteiger partial charge in [0.05, 0.1) is 5.92 Å². The van der Waals surface area contributed by atoms with Crippen molar-refractivity contribution in [3.05, 3.63) is 35.1 Å². The van der Waals surface area contributed by atoms with Crippen molar-refractivity contribution in [2.45, 2.75) is 18.8 Å². The second kappa shape index (κ2) is 3.46. The van der Waals surface area contributed by atoms with Crippen LogP contribution in [-0.2, 0) is 4.79 Å². The highest BCUT2D eigenvalue weighted by Gasteiger charge is 2.32. The number of hydrogen-bond acceptors (Lipinski definition) is 2. The van der Waals surface area contributed by atoms with Gasteiger partial charge in [0, 0.05) is 17.5 Å². The molecule has 0 spiro atoms. The lowest BCUT2D eigenvalue weighted by Gasteiger charge is -2.21. The van der Waals surface area contributed by atoms with Crippen LogP contribution < -0.4 is 0 Å². The van der Waals surface area contributed by atoms with E-state index in [2.05, 4.69) is 0 Å². The SMILES string of the molecule is O=C1CCC(C(=O)O)c2c(F)cccc21. The molecule has 1 aliphatic rings. The Bertz CT molecular complexity index is 439. The third kappa shape index (κ3) is 1.52. The summed E-state index contributed by atoms with van der Waals surface area (Å²) < 4.78 is 13.4. The summed E-state index contributed by atoms with van der Waals surface area (Å²) in [4.78, 5) is 22.3. The number of halogens is 1. The lowest BCUT2D eigenvalue weighted by atomic mass is 9.82. The standard InChI is InChI=1S/C11H9FO3/c12-8-3-1-2-6-9(13)5-4-7(10(6)8)11(14)15/h1-3,7H,4-5H2,(H,14,15). The minimum atomic E-state index is -1.08. The summed E-state index contributed by atoms with van der Waals surface area (Å²) in [6.07, 6.45) is 0.357. The van der Waals surface area contributed by atoms with Crippen LogP contribution >= 0.6 is 0 Å². The van der Waals surface area contributed by atoms with E-state index in [1.54, 1.807) is 0 Å². The number of carbonyl (C=O) groups is 2. The average molecular weight is 208 g/mol. The van der Waals surface area contributed by atoms with E-state index in [4.69, 9.17) is 5.11 Å². The number of rotatable bonds is 1. The van der Waals surface area contributed by atoms with Gasteiger partial charge in [-0.2, -0.15) is 0 Å². The molecule has 0 amide bonds. The summed E-state index contributed by atoms with van der Waals surface area (Å²) in [5.41, 5.74) is 0.259. The molecule has 0 aliphatic heterocycles. The van der Waals surface area contributed by atoms with Crippen molar-refractivity contribution in [2.75, 3.05) is 0 Å². The van der Waals surface area contributed by atoms with Gasteiger partial charge >= 0.3 is 5.97 Å². The van der Waals surface area contributed by atoms with Crippen LogP contribution in [0.25, 0.3) is 0 Å². The Morgan fingerprint density at radius 1 is 1.47 bits per heavy atom. The molecule has 0 radical (unpaired) electrons. The molecule has 0 bridgehead atoms. The van der Waals surface area contributed by atoms with Gasteiger partial charge in [-0.15, -0.1) is 0 Å². The van der Waals surface area contributed by atoms with Crippen LogP contribution in [-0.4, -0.2) is 16.9 Å². The van der Waals surface area contributed by atoms with Crippen LogP contribution in [0.15, 0.2) is 18.2 Å². The van der Waals surface area contributed by atoms with Crippen LogP contribution in [0.1, 0.15) is 34.7 Å². The van der Waals surface area contributed by atoms with Gasteiger partial charge in [-0.1, -0.05) is 12.1 Å². The molecule has 15 heavy (non-hydrogen) atoms. The highest BCUT2D eigenvalue weighted by Crippen LogP contribution is 2.33. The maximum absolute atomic E-state index is 13.4. The fraction of sp³-hybridized carbons (Fsp3) is 0.273. The molecule has 0 heterocycles. The first-order valence-corrected chi connectivity index (χ1v) is 4.65. The highest BCUT2D eigenvalue weighted by molar-refractivity contribution is 6.01. The summed E-state index contributed by atoms with van der Waals surface area (Å²) in [5.74, 6) is -2.75. The van der Waals surface area contributed by atoms with Crippen molar-refractivity contribution >= 4 is 11.8 Å². The topological polar surface area (TPSA) is 54.4 Å². The third-order valence-corrected chi connectivity index (χ3v) is 2.66. The summed E-state index contributed by atoms with van der Waals surface area (Å²) in [6.45, 7) is 0. The molecular weight excluding hydrogens is 199 g/mol. The van der Waals surface area contributed by atoms with E-state index < -0.39 is 17.7 Å². The van der Waals surface area contributed by atoms with E-state index in [9.17, 15) is 14.0 Å². The fourth-order valence-electron chi connectivity index (χ4n) is 1.94. The first kappa shape index (κ1) is 9.83. The van der Waals surface area contributed by atoms with Crippen LogP contribution in [0.2, 0.25) is 0 Å². The molecule has 1 aromatic rings. The number of benzene rings is 1. The van der Waals surface area contributed by atoms with Crippen molar-refractivity contribution < 1.29 is 19.1 Å². The predicted molar refractivity (Wildman–Crippen MR) is 50.3 cm³/mol. The molecule has 1 unspecified atom stereocenters. The van der Waals surface area contributed by atoms with E-state index in [1.165, 1.54) is 18.2 Å². The number of fused-ring (bicyclic) bond motifs is 1. The first-order chi connectivity index (χ1) is 7.11. The smallest absolute Gasteiger partial charge is 0.311 e. The van der Waals surface area contributed by atoms with E-state index in [-0.39, 0.29) is 29.8 Å². The summed E-state index contributed by atoms with van der Waals surface area (Å²) in [5, 5.41) is 8.92. The van der Waals surface area contributed by atoms with E-state index >= 15 is 0 Å². The number of hydrogen-bond donors (Lipinski definition) is 1. The number of carboxylic acids is 1. The Hall–Kier alpha value is -1.71. The number of carboxylic acid groups (broad SMARTS) is 1. The third-order valence-electron chi connectivity index (χ3n) is 2.66. The van der Waals surface area contributed by atoms with E-state index in [0.717, 1.165) is 0 Å². The lowest BCUT2D eigenvalue weighted by molar-refractivity contribution is -0.139. The Balaban J connectivity index is 2.61. The zero-order valence-corrected chi connectivity index (χ0v) is 7.87. The number of carbonyl (C=O) groups excluding carboxylic acids is 1. The first-order valence-electron chi connectivity index (χ1n) is 4.65. The minimum Gasteiger partial charge on any atom is -0.481 e. The summed E-state index contributed by atoms with van der Waals surface area (Å²) >= 11 is 0. The van der Waals surface area contributed by atoms with Gasteiger partial charge in [0.25, 0.3) is 0 Å². The molecule has 2 rings (SSSR count). The van der Waals surface area contributed by atoms with Crippen LogP contribution in [0.5, 0.6) is 0 Å². The number of Topliss-reactive ketones (excluding diaryl/α,β-unsaturated/α-hetero) is 1.